The number of nitrogens with one attached hydrogen (secondary N) is 1. The van der Waals surface area contributed by atoms with Gasteiger partial charge in [-0.05, 0) is 12.8 Å². The fraction of sp³-hybridized carbons (Fsp3) is 0.600. The Morgan fingerprint density at radius 1 is 1.33 bits per heavy atom. The van der Waals surface area contributed by atoms with Gasteiger partial charge in [-0.25, -0.2) is 4.79 Å². The molecule has 2 fully saturated rings. The van der Waals surface area contributed by atoms with Gasteiger partial charge in [0, 0.05) is 45.3 Å². The summed E-state index contributed by atoms with van der Waals surface area (Å²) >= 11 is 0. The molecule has 9 nitrogen and oxygen atoms in total. The lowest BCUT2D eigenvalue weighted by Gasteiger charge is -2.33. The fourth-order valence-corrected chi connectivity index (χ4v) is 2.83. The zero-order valence-electron chi connectivity index (χ0n) is 13.7. The van der Waals surface area contributed by atoms with Crippen molar-refractivity contribution in [3.05, 3.63) is 24.1 Å². The van der Waals surface area contributed by atoms with Gasteiger partial charge >= 0.3 is 6.03 Å². The minimum atomic E-state index is -0.0850. The summed E-state index contributed by atoms with van der Waals surface area (Å²) in [6, 6.07) is -0.0850. The molecule has 128 valence electrons. The number of rotatable bonds is 4. The summed E-state index contributed by atoms with van der Waals surface area (Å²) < 4.78 is 6.95. The number of amides is 2. The van der Waals surface area contributed by atoms with E-state index in [-0.39, 0.29) is 6.03 Å². The molecule has 1 N–H and O–H groups in total. The Kier molecular flexibility index (Phi) is 3.93. The van der Waals surface area contributed by atoms with Gasteiger partial charge < -0.3 is 14.7 Å². The molecule has 0 atom stereocenters. The zero-order valence-corrected chi connectivity index (χ0v) is 13.7. The summed E-state index contributed by atoms with van der Waals surface area (Å²) in [5.41, 5.74) is 0.712. The molecule has 0 unspecified atom stereocenters. The predicted molar refractivity (Wildman–Crippen MR) is 85.3 cm³/mol. The van der Waals surface area contributed by atoms with Gasteiger partial charge in [0.15, 0.2) is 5.82 Å². The van der Waals surface area contributed by atoms with Gasteiger partial charge in [0.25, 0.3) is 0 Å². The average molecular weight is 331 g/mol. The van der Waals surface area contributed by atoms with Crippen molar-refractivity contribution in [2.45, 2.75) is 25.3 Å². The van der Waals surface area contributed by atoms with Crippen molar-refractivity contribution >= 4 is 11.7 Å². The highest BCUT2D eigenvalue weighted by atomic mass is 16.5. The highest BCUT2D eigenvalue weighted by molar-refractivity contribution is 5.89. The number of aryl methyl sites for hydroxylation is 1. The van der Waals surface area contributed by atoms with E-state index in [9.17, 15) is 4.79 Å². The number of urea groups is 1. The molecule has 9 heteroatoms. The first-order valence-corrected chi connectivity index (χ1v) is 8.27. The lowest BCUT2D eigenvalue weighted by atomic mass is 10.3. The fourth-order valence-electron chi connectivity index (χ4n) is 2.83. The van der Waals surface area contributed by atoms with Gasteiger partial charge in [0.2, 0.25) is 5.89 Å². The molecule has 2 aromatic rings. The highest BCUT2D eigenvalue weighted by Gasteiger charge is 2.30. The number of carbonyl (C=O) groups excluding carboxylic acids is 1. The Bertz CT molecular complexity index is 713. The number of anilines is 1. The Balaban J connectivity index is 1.25. The molecule has 1 aliphatic carbocycles. The lowest BCUT2D eigenvalue weighted by molar-refractivity contribution is 0.140. The topological polar surface area (TPSA) is 92.3 Å². The standard InChI is InChI=1S/C15H21N7O2/c1-20-9-12(8-16-20)17-15(23)22-6-4-21(5-7-22)10-13-18-14(24-19-13)11-2-3-11/h8-9,11H,2-7,10H2,1H3,(H,17,23). The molecule has 2 amide bonds. The van der Waals surface area contributed by atoms with E-state index in [0.29, 0.717) is 31.2 Å². The van der Waals surface area contributed by atoms with E-state index in [2.05, 4.69) is 25.5 Å². The van der Waals surface area contributed by atoms with E-state index in [1.807, 2.05) is 11.9 Å². The van der Waals surface area contributed by atoms with Crippen LogP contribution in [0.15, 0.2) is 16.9 Å². The van der Waals surface area contributed by atoms with E-state index in [0.717, 1.165) is 37.6 Å². The number of carbonyl (C=O) groups is 1. The molecule has 2 aliphatic rings. The quantitative estimate of drug-likeness (QED) is 0.899. The minimum absolute atomic E-state index is 0.0850. The third kappa shape index (κ3) is 3.40. The van der Waals surface area contributed by atoms with Crippen molar-refractivity contribution in [3.8, 4) is 0 Å². The van der Waals surface area contributed by atoms with Crippen molar-refractivity contribution in [1.82, 2.24) is 29.7 Å². The van der Waals surface area contributed by atoms with Gasteiger partial charge in [0.05, 0.1) is 18.4 Å². The molecule has 0 aromatic carbocycles. The molecule has 2 aromatic heterocycles. The van der Waals surface area contributed by atoms with Gasteiger partial charge in [0.1, 0.15) is 0 Å². The molecular formula is C15H21N7O2. The van der Waals surface area contributed by atoms with E-state index < -0.39 is 0 Å². The van der Waals surface area contributed by atoms with Crippen molar-refractivity contribution in [2.75, 3.05) is 31.5 Å². The maximum absolute atomic E-state index is 12.2. The van der Waals surface area contributed by atoms with Crippen molar-refractivity contribution < 1.29 is 9.32 Å². The van der Waals surface area contributed by atoms with Crippen LogP contribution >= 0.6 is 0 Å². The third-order valence-corrected chi connectivity index (χ3v) is 4.39. The predicted octanol–water partition coefficient (Wildman–Crippen LogP) is 1.03. The van der Waals surface area contributed by atoms with Crippen LogP contribution in [0.2, 0.25) is 0 Å². The van der Waals surface area contributed by atoms with Crippen molar-refractivity contribution in [2.24, 2.45) is 7.05 Å². The Labute approximate surface area is 139 Å². The molecule has 3 heterocycles. The van der Waals surface area contributed by atoms with Crippen LogP contribution in [0, 0.1) is 0 Å². The second kappa shape index (κ2) is 6.23. The smallest absolute Gasteiger partial charge is 0.322 e. The number of hydrogen-bond acceptors (Lipinski definition) is 6. The highest BCUT2D eigenvalue weighted by Crippen LogP contribution is 2.38. The maximum Gasteiger partial charge on any atom is 0.322 e. The Hall–Kier alpha value is -2.42. The molecule has 1 saturated carbocycles. The normalized spacial score (nSPS) is 18.8. The number of hydrogen-bond donors (Lipinski definition) is 1. The monoisotopic (exact) mass is 331 g/mol. The summed E-state index contributed by atoms with van der Waals surface area (Å²) in [5.74, 6) is 2.00. The van der Waals surface area contributed by atoms with Gasteiger partial charge in [-0.3, -0.25) is 9.58 Å². The number of piperazine rings is 1. The van der Waals surface area contributed by atoms with E-state index in [4.69, 9.17) is 4.52 Å². The SMILES string of the molecule is Cn1cc(NC(=O)N2CCN(Cc3noc(C4CC4)n3)CC2)cn1. The van der Waals surface area contributed by atoms with E-state index >= 15 is 0 Å². The first-order chi connectivity index (χ1) is 11.7. The number of aromatic nitrogens is 4. The van der Waals surface area contributed by atoms with Crippen LogP contribution in [0.4, 0.5) is 10.5 Å². The summed E-state index contributed by atoms with van der Waals surface area (Å²) in [7, 11) is 1.82. The molecule has 1 saturated heterocycles. The van der Waals surface area contributed by atoms with Gasteiger partial charge in [-0.15, -0.1) is 0 Å². The summed E-state index contributed by atoms with van der Waals surface area (Å²) in [6.07, 6.45) is 5.74. The Morgan fingerprint density at radius 2 is 2.12 bits per heavy atom. The average Bonchev–Trinajstić information content (AvgIpc) is 3.20. The molecule has 0 radical (unpaired) electrons. The molecule has 4 rings (SSSR count). The van der Waals surface area contributed by atoms with Crippen molar-refractivity contribution in [1.29, 1.82) is 0 Å². The summed E-state index contributed by atoms with van der Waals surface area (Å²) in [4.78, 5) is 20.8. The van der Waals surface area contributed by atoms with Crippen LogP contribution in [0.3, 0.4) is 0 Å². The zero-order chi connectivity index (χ0) is 16.5. The largest absolute Gasteiger partial charge is 0.339 e. The van der Waals surface area contributed by atoms with Gasteiger partial charge in [-0.1, -0.05) is 5.16 Å². The third-order valence-electron chi connectivity index (χ3n) is 4.39. The molecule has 1 aliphatic heterocycles. The van der Waals surface area contributed by atoms with E-state index in [1.54, 1.807) is 17.1 Å². The van der Waals surface area contributed by atoms with Crippen LogP contribution in [-0.2, 0) is 13.6 Å². The second-order valence-electron chi connectivity index (χ2n) is 6.42. The van der Waals surface area contributed by atoms with Crippen LogP contribution < -0.4 is 5.32 Å². The van der Waals surface area contributed by atoms with Gasteiger partial charge in [-0.2, -0.15) is 10.1 Å². The molecular weight excluding hydrogens is 310 g/mol. The minimum Gasteiger partial charge on any atom is -0.339 e. The molecule has 0 spiro atoms. The summed E-state index contributed by atoms with van der Waals surface area (Å²) in [5, 5.41) is 11.0. The van der Waals surface area contributed by atoms with Crippen LogP contribution in [0.25, 0.3) is 0 Å². The second-order valence-corrected chi connectivity index (χ2v) is 6.42. The van der Waals surface area contributed by atoms with E-state index in [1.165, 1.54) is 0 Å². The lowest BCUT2D eigenvalue weighted by Crippen LogP contribution is -2.49. The molecule has 0 bridgehead atoms. The first kappa shape index (κ1) is 15.1. The maximum atomic E-state index is 12.2. The van der Waals surface area contributed by atoms with Crippen molar-refractivity contribution in [3.63, 3.8) is 0 Å². The van der Waals surface area contributed by atoms with Crippen LogP contribution in [0.1, 0.15) is 30.5 Å². The first-order valence-electron chi connectivity index (χ1n) is 8.27. The summed E-state index contributed by atoms with van der Waals surface area (Å²) in [6.45, 7) is 3.63. The van der Waals surface area contributed by atoms with Crippen LogP contribution in [-0.4, -0.2) is 61.9 Å². The number of nitrogens with zero attached hydrogens (tertiary/aromatic N) is 6. The van der Waals surface area contributed by atoms with Crippen LogP contribution in [0.5, 0.6) is 0 Å². The molecule has 24 heavy (non-hydrogen) atoms. The Morgan fingerprint density at radius 3 is 2.79 bits per heavy atom.